The molecule has 12 nitrogen and oxygen atoms in total. The summed E-state index contributed by atoms with van der Waals surface area (Å²) in [7, 11) is 8.60. The summed E-state index contributed by atoms with van der Waals surface area (Å²) in [5, 5.41) is 16.5. The minimum atomic E-state index is -0.0878. The van der Waals surface area contributed by atoms with E-state index in [9.17, 15) is 19.2 Å². The molecular formula is C57H77N7O5S2. The lowest BCUT2D eigenvalue weighted by atomic mass is 9.77. The molecule has 0 spiro atoms. The summed E-state index contributed by atoms with van der Waals surface area (Å²) in [5.74, 6) is 0.604. The number of ether oxygens (including phenoxy) is 1. The van der Waals surface area contributed by atoms with Gasteiger partial charge in [-0.25, -0.2) is 0 Å². The summed E-state index contributed by atoms with van der Waals surface area (Å²) < 4.78 is 5.79. The topological polar surface area (TPSA) is 135 Å². The summed E-state index contributed by atoms with van der Waals surface area (Å²) in [6.07, 6.45) is 9.63. The molecule has 2 aromatic heterocycles. The summed E-state index contributed by atoms with van der Waals surface area (Å²) >= 11 is 3.63. The Kier molecular flexibility index (Phi) is 21.1. The van der Waals surface area contributed by atoms with E-state index in [-0.39, 0.29) is 59.6 Å². The minimum absolute atomic E-state index is 0.0245. The molecule has 4 N–H and O–H groups in total. The van der Waals surface area contributed by atoms with Crippen LogP contribution in [0.3, 0.4) is 0 Å². The number of benzene rings is 3. The van der Waals surface area contributed by atoms with Gasteiger partial charge >= 0.3 is 0 Å². The van der Waals surface area contributed by atoms with Gasteiger partial charge in [-0.05, 0) is 170 Å². The molecule has 0 aliphatic heterocycles. The van der Waals surface area contributed by atoms with Crippen molar-refractivity contribution in [3.05, 3.63) is 135 Å². The van der Waals surface area contributed by atoms with E-state index < -0.39 is 0 Å². The lowest BCUT2D eigenvalue weighted by Gasteiger charge is -2.44. The maximum Gasteiger partial charge on any atom is 0.224 e. The van der Waals surface area contributed by atoms with Gasteiger partial charge in [-0.2, -0.15) is 0 Å². The highest BCUT2D eigenvalue weighted by atomic mass is 32.1. The highest BCUT2D eigenvalue weighted by Gasteiger charge is 2.41. The van der Waals surface area contributed by atoms with Crippen molar-refractivity contribution in [2.45, 2.75) is 127 Å². The van der Waals surface area contributed by atoms with E-state index in [0.29, 0.717) is 32.4 Å². The second kappa shape index (κ2) is 27.3. The number of rotatable bonds is 22. The van der Waals surface area contributed by atoms with E-state index in [4.69, 9.17) is 4.74 Å². The predicted molar refractivity (Wildman–Crippen MR) is 291 cm³/mol. The standard InChI is InChI=1S/C30H37N3O3S.C27H40N4O2S/c1-33(2)30(27-10-7-21-37-27)19-17-25(18-20-30)32-29(35)12-6-11-28(34)31-24-13-15-26(16-14-24)36-22-23-8-4-3-5-9-23;1-5-31(23-9-6-8-21(2)20-23)18-17-28-25(32)11-12-26(33)29-22-13-15-27(16-14-22,30(3)4)24-10-7-19-34-24/h3-5,7-10,13-16,21,25H,6,11-12,17-20,22H2,1-2H3,(H,31,34)(H,32,35);6-10,19-20,22H,5,11-18H2,1-4H3,(H,28,32)(H,29,33). The monoisotopic (exact) mass is 1000 g/mol. The molecule has 3 aromatic carbocycles. The highest BCUT2D eigenvalue weighted by Crippen LogP contribution is 2.44. The van der Waals surface area contributed by atoms with E-state index in [1.54, 1.807) is 0 Å². The number of aryl methyl sites for hydroxylation is 1. The molecule has 2 aliphatic carbocycles. The number of hydrogen-bond donors (Lipinski definition) is 4. The average molecular weight is 1000 g/mol. The molecule has 14 heteroatoms. The lowest BCUT2D eigenvalue weighted by molar-refractivity contribution is -0.127. The fourth-order valence-electron chi connectivity index (χ4n) is 9.94. The lowest BCUT2D eigenvalue weighted by Crippen LogP contribution is -2.48. The summed E-state index contributed by atoms with van der Waals surface area (Å²) in [4.78, 5) is 59.3. The third kappa shape index (κ3) is 16.2. The molecule has 0 saturated heterocycles. The van der Waals surface area contributed by atoms with Crippen LogP contribution in [0.5, 0.6) is 5.75 Å². The van der Waals surface area contributed by atoms with Gasteiger partial charge in [0.1, 0.15) is 12.4 Å². The number of carbonyl (C=O) groups excluding carboxylic acids is 4. The van der Waals surface area contributed by atoms with Gasteiger partial charge in [-0.3, -0.25) is 29.0 Å². The van der Waals surface area contributed by atoms with Crippen molar-refractivity contribution >= 4 is 57.7 Å². The van der Waals surface area contributed by atoms with Crippen LogP contribution in [0.1, 0.15) is 111 Å². The molecule has 4 amide bonds. The Morgan fingerprint density at radius 3 is 1.70 bits per heavy atom. The van der Waals surface area contributed by atoms with E-state index in [0.717, 1.165) is 81.5 Å². The molecule has 71 heavy (non-hydrogen) atoms. The fraction of sp³-hybridized carbons (Fsp3) is 0.474. The zero-order chi connectivity index (χ0) is 50.6. The number of carbonyl (C=O) groups is 4. The van der Waals surface area contributed by atoms with E-state index in [1.807, 2.05) is 77.3 Å². The van der Waals surface area contributed by atoms with Crippen LogP contribution in [0.25, 0.3) is 0 Å². The molecule has 0 unspecified atom stereocenters. The second-order valence-corrected chi connectivity index (χ2v) is 21.4. The molecule has 2 fully saturated rings. The summed E-state index contributed by atoms with van der Waals surface area (Å²) in [5.41, 5.74) is 4.36. The molecule has 2 aliphatic rings. The van der Waals surface area contributed by atoms with Crippen molar-refractivity contribution < 1.29 is 23.9 Å². The van der Waals surface area contributed by atoms with Crippen LogP contribution in [-0.4, -0.2) is 93.3 Å². The number of anilines is 2. The number of thiophene rings is 2. The maximum atomic E-state index is 12.5. The van der Waals surface area contributed by atoms with Crippen molar-refractivity contribution in [1.29, 1.82) is 0 Å². The number of amides is 4. The molecule has 382 valence electrons. The molecule has 0 radical (unpaired) electrons. The largest absolute Gasteiger partial charge is 0.489 e. The van der Waals surface area contributed by atoms with Gasteiger partial charge in [0.05, 0.1) is 11.1 Å². The van der Waals surface area contributed by atoms with Crippen LogP contribution >= 0.6 is 22.7 Å². The van der Waals surface area contributed by atoms with Crippen LogP contribution in [0, 0.1) is 6.92 Å². The Hall–Kier alpha value is -5.54. The van der Waals surface area contributed by atoms with Crippen molar-refractivity contribution in [2.75, 3.05) is 58.0 Å². The SMILES string of the molecule is CCN(CCNC(=O)CCC(=O)NC1CCC(c2cccs2)(N(C)C)CC1)c1cccc(C)c1.CN(C)C1(c2cccs2)CCC(NC(=O)CCCC(=O)Nc2ccc(OCc3ccccc3)cc2)CC1. The van der Waals surface area contributed by atoms with Gasteiger partial charge in [-0.1, -0.05) is 54.6 Å². The van der Waals surface area contributed by atoms with Gasteiger partial charge in [0, 0.05) is 78.5 Å². The Labute approximate surface area is 430 Å². The number of hydrogen-bond acceptors (Lipinski definition) is 10. The first kappa shape index (κ1) is 54.8. The van der Waals surface area contributed by atoms with Crippen LogP contribution in [-0.2, 0) is 36.9 Å². The first-order valence-electron chi connectivity index (χ1n) is 25.4. The van der Waals surface area contributed by atoms with Crippen LogP contribution in [0.15, 0.2) is 114 Å². The number of nitrogens with zero attached hydrogens (tertiary/aromatic N) is 3. The third-order valence-electron chi connectivity index (χ3n) is 14.3. The Balaban J connectivity index is 0.000000233. The van der Waals surface area contributed by atoms with Gasteiger partial charge < -0.3 is 30.9 Å². The molecule has 2 heterocycles. The van der Waals surface area contributed by atoms with Gasteiger partial charge in [0.15, 0.2) is 0 Å². The van der Waals surface area contributed by atoms with E-state index in [2.05, 4.69) is 137 Å². The minimum Gasteiger partial charge on any atom is -0.489 e. The van der Waals surface area contributed by atoms with Crippen molar-refractivity contribution in [3.8, 4) is 5.75 Å². The normalized spacial score (nSPS) is 19.8. The second-order valence-electron chi connectivity index (χ2n) is 19.5. The average Bonchev–Trinajstić information content (AvgIpc) is 4.13. The van der Waals surface area contributed by atoms with Crippen molar-refractivity contribution in [3.63, 3.8) is 0 Å². The zero-order valence-electron chi connectivity index (χ0n) is 42.8. The third-order valence-corrected chi connectivity index (χ3v) is 16.4. The Morgan fingerprint density at radius 1 is 0.634 bits per heavy atom. The van der Waals surface area contributed by atoms with Gasteiger partial charge in [0.2, 0.25) is 23.6 Å². The van der Waals surface area contributed by atoms with Crippen molar-refractivity contribution in [2.24, 2.45) is 0 Å². The van der Waals surface area contributed by atoms with Crippen molar-refractivity contribution in [1.82, 2.24) is 25.8 Å². The Bertz CT molecular complexity index is 2380. The highest BCUT2D eigenvalue weighted by molar-refractivity contribution is 7.10. The molecule has 0 atom stereocenters. The number of likely N-dealkylation sites (N-methyl/N-ethyl adjacent to an activating group) is 1. The zero-order valence-corrected chi connectivity index (χ0v) is 44.5. The molecule has 0 bridgehead atoms. The van der Waals surface area contributed by atoms with Crippen LogP contribution < -0.4 is 30.9 Å². The smallest absolute Gasteiger partial charge is 0.224 e. The molecule has 2 saturated carbocycles. The molecular weight excluding hydrogens is 927 g/mol. The molecule has 5 aromatic rings. The summed E-state index contributed by atoms with van der Waals surface area (Å²) in [6, 6.07) is 34.8. The maximum absolute atomic E-state index is 12.5. The first-order valence-corrected chi connectivity index (χ1v) is 27.2. The van der Waals surface area contributed by atoms with E-state index >= 15 is 0 Å². The predicted octanol–water partition coefficient (Wildman–Crippen LogP) is 10.2. The first-order chi connectivity index (χ1) is 34.3. The van der Waals surface area contributed by atoms with E-state index in [1.165, 1.54) is 21.0 Å². The van der Waals surface area contributed by atoms with Gasteiger partial charge in [0.25, 0.3) is 0 Å². The number of nitrogens with one attached hydrogen (secondary N) is 4. The van der Waals surface area contributed by atoms with Crippen LogP contribution in [0.4, 0.5) is 11.4 Å². The summed E-state index contributed by atoms with van der Waals surface area (Å²) in [6.45, 7) is 6.89. The quantitative estimate of drug-likeness (QED) is 0.0539. The van der Waals surface area contributed by atoms with Crippen LogP contribution in [0.2, 0.25) is 0 Å². The Morgan fingerprint density at radius 2 is 1.18 bits per heavy atom. The molecule has 7 rings (SSSR count). The van der Waals surface area contributed by atoms with Gasteiger partial charge in [-0.15, -0.1) is 22.7 Å². The fourth-order valence-corrected chi connectivity index (χ4v) is 12.1.